The van der Waals surface area contributed by atoms with Crippen molar-refractivity contribution < 1.29 is 27.6 Å². The molecule has 4 atom stereocenters. The van der Waals surface area contributed by atoms with Gasteiger partial charge in [-0.05, 0) is 31.0 Å². The van der Waals surface area contributed by atoms with Gasteiger partial charge in [0.2, 0.25) is 0 Å². The largest absolute Gasteiger partial charge is 0.473 e. The minimum Gasteiger partial charge on any atom is -0.473 e. The Kier molecular flexibility index (Phi) is 5.37. The third kappa shape index (κ3) is 3.77. The van der Waals surface area contributed by atoms with Crippen molar-refractivity contribution >= 4 is 11.6 Å². The molecule has 0 aromatic heterocycles. The highest BCUT2D eigenvalue weighted by atomic mass is 35.5. The smallest absolute Gasteiger partial charge is 0.432 e. The minimum absolute atomic E-state index is 0.00746. The van der Waals surface area contributed by atoms with Crippen LogP contribution in [0.1, 0.15) is 24.3 Å². The van der Waals surface area contributed by atoms with Gasteiger partial charge in [0.25, 0.3) is 12.1 Å². The van der Waals surface area contributed by atoms with E-state index in [-0.39, 0.29) is 5.75 Å². The van der Waals surface area contributed by atoms with E-state index in [4.69, 9.17) is 21.1 Å². The van der Waals surface area contributed by atoms with E-state index >= 15 is 0 Å². The van der Waals surface area contributed by atoms with E-state index < -0.39 is 35.1 Å². The normalized spacial score (nSPS) is 29.8. The summed E-state index contributed by atoms with van der Waals surface area (Å²) < 4.78 is 51.7. The lowest BCUT2D eigenvalue weighted by Crippen LogP contribution is -2.55. The maximum Gasteiger partial charge on any atom is 0.432 e. The number of benzene rings is 1. The molecule has 3 aliphatic rings. The second-order valence-electron chi connectivity index (χ2n) is 7.48. The van der Waals surface area contributed by atoms with E-state index in [1.165, 1.54) is 18.2 Å². The standard InChI is InChI=1S/C19H20ClF3N2O4/c20-11-4-5-15-13(10-11)16(17(25(26)27)18(29-15)19(21,22)23)12-2-1-3-14(12)24-6-8-28-9-7-24/h3-5,10,12,16-18H,1-2,6-9H2/t12-,16-,17+,18+/m1/s1. The molecule has 1 fully saturated rings. The maximum absolute atomic E-state index is 13.7. The molecule has 0 spiro atoms. The van der Waals surface area contributed by atoms with Crippen molar-refractivity contribution in [3.63, 3.8) is 0 Å². The Bertz CT molecular complexity index is 826. The first-order valence-corrected chi connectivity index (χ1v) is 9.84. The zero-order valence-corrected chi connectivity index (χ0v) is 16.2. The second-order valence-corrected chi connectivity index (χ2v) is 7.91. The Morgan fingerprint density at radius 3 is 2.62 bits per heavy atom. The number of rotatable bonds is 3. The average molecular weight is 433 g/mol. The summed E-state index contributed by atoms with van der Waals surface area (Å²) >= 11 is 6.10. The first-order chi connectivity index (χ1) is 13.8. The van der Waals surface area contributed by atoms with Crippen LogP contribution in [0.4, 0.5) is 13.2 Å². The number of nitrogens with zero attached hydrogens (tertiary/aromatic N) is 2. The topological polar surface area (TPSA) is 64.8 Å². The first-order valence-electron chi connectivity index (χ1n) is 9.46. The van der Waals surface area contributed by atoms with Crippen molar-refractivity contribution in [3.8, 4) is 5.75 Å². The number of alkyl halides is 3. The number of ether oxygens (including phenoxy) is 2. The first kappa shape index (κ1) is 20.3. The van der Waals surface area contributed by atoms with Gasteiger partial charge in [-0.25, -0.2) is 0 Å². The number of allylic oxidation sites excluding steroid dienone is 2. The highest BCUT2D eigenvalue weighted by Crippen LogP contribution is 2.51. The Morgan fingerprint density at radius 2 is 1.97 bits per heavy atom. The fourth-order valence-electron chi connectivity index (χ4n) is 4.68. The van der Waals surface area contributed by atoms with Crippen molar-refractivity contribution in [3.05, 3.63) is 50.7 Å². The molecule has 0 bridgehead atoms. The average Bonchev–Trinajstić information content (AvgIpc) is 3.15. The van der Waals surface area contributed by atoms with Crippen LogP contribution in [-0.2, 0) is 4.74 Å². The molecule has 2 heterocycles. The van der Waals surface area contributed by atoms with Gasteiger partial charge in [0.15, 0.2) is 0 Å². The van der Waals surface area contributed by atoms with E-state index in [2.05, 4.69) is 4.90 Å². The molecule has 1 aliphatic carbocycles. The third-order valence-electron chi connectivity index (χ3n) is 5.85. The molecule has 1 aromatic carbocycles. The van der Waals surface area contributed by atoms with Gasteiger partial charge >= 0.3 is 6.18 Å². The van der Waals surface area contributed by atoms with Crippen LogP contribution >= 0.6 is 11.6 Å². The van der Waals surface area contributed by atoms with Crippen molar-refractivity contribution in [2.75, 3.05) is 26.3 Å². The molecule has 0 unspecified atom stereocenters. The van der Waals surface area contributed by atoms with E-state index in [0.29, 0.717) is 49.7 Å². The number of hydrogen-bond donors (Lipinski definition) is 0. The summed E-state index contributed by atoms with van der Waals surface area (Å²) in [5.41, 5.74) is 1.23. The highest BCUT2D eigenvalue weighted by molar-refractivity contribution is 6.30. The molecule has 1 saturated heterocycles. The molecule has 0 saturated carbocycles. The summed E-state index contributed by atoms with van der Waals surface area (Å²) in [4.78, 5) is 13.1. The molecule has 1 aromatic rings. The molecule has 158 valence electrons. The Balaban J connectivity index is 1.80. The predicted molar refractivity (Wildman–Crippen MR) is 98.6 cm³/mol. The van der Waals surface area contributed by atoms with Gasteiger partial charge in [-0.2, -0.15) is 13.2 Å². The highest BCUT2D eigenvalue weighted by Gasteiger charge is 2.61. The van der Waals surface area contributed by atoms with Crippen molar-refractivity contribution in [2.24, 2.45) is 5.92 Å². The molecule has 10 heteroatoms. The van der Waals surface area contributed by atoms with Gasteiger partial charge in [-0.15, -0.1) is 0 Å². The second kappa shape index (κ2) is 7.68. The molecule has 0 N–H and O–H groups in total. The van der Waals surface area contributed by atoms with Crippen LogP contribution in [0.3, 0.4) is 0 Å². The van der Waals surface area contributed by atoms with Crippen molar-refractivity contribution in [1.82, 2.24) is 4.90 Å². The fourth-order valence-corrected chi connectivity index (χ4v) is 4.86. The summed E-state index contributed by atoms with van der Waals surface area (Å²) in [5, 5.41) is 12.2. The van der Waals surface area contributed by atoms with E-state index in [1.807, 2.05) is 6.08 Å². The molecule has 0 amide bonds. The van der Waals surface area contributed by atoms with Gasteiger partial charge in [0.1, 0.15) is 5.75 Å². The van der Waals surface area contributed by atoms with Crippen LogP contribution in [0.5, 0.6) is 5.75 Å². The lowest BCUT2D eigenvalue weighted by molar-refractivity contribution is -0.550. The van der Waals surface area contributed by atoms with Crippen LogP contribution < -0.4 is 4.74 Å². The number of morpholine rings is 1. The van der Waals surface area contributed by atoms with Gasteiger partial charge in [-0.1, -0.05) is 17.7 Å². The summed E-state index contributed by atoms with van der Waals surface area (Å²) in [6.45, 7) is 2.26. The van der Waals surface area contributed by atoms with E-state index in [1.54, 1.807) is 0 Å². The minimum atomic E-state index is -4.87. The van der Waals surface area contributed by atoms with Crippen molar-refractivity contribution in [1.29, 1.82) is 0 Å². The number of hydrogen-bond acceptors (Lipinski definition) is 5. The molecule has 29 heavy (non-hydrogen) atoms. The lowest BCUT2D eigenvalue weighted by Gasteiger charge is -2.41. The zero-order chi connectivity index (χ0) is 20.8. The van der Waals surface area contributed by atoms with Gasteiger partial charge in [0, 0.05) is 40.2 Å². The quantitative estimate of drug-likeness (QED) is 0.533. The summed E-state index contributed by atoms with van der Waals surface area (Å²) in [7, 11) is 0. The monoisotopic (exact) mass is 432 g/mol. The summed E-state index contributed by atoms with van der Waals surface area (Å²) in [5.74, 6) is -1.40. The van der Waals surface area contributed by atoms with Crippen LogP contribution in [0.15, 0.2) is 30.0 Å². The SMILES string of the molecule is O=[N+]([O-])[C@H]1[C@H]([C@@H]2CCC=C2N2CCOCC2)c2cc(Cl)ccc2O[C@@H]1C(F)(F)F. The van der Waals surface area contributed by atoms with Gasteiger partial charge in [-0.3, -0.25) is 10.1 Å². The molecule has 4 rings (SSSR count). The van der Waals surface area contributed by atoms with E-state index in [9.17, 15) is 23.3 Å². The van der Waals surface area contributed by atoms with Crippen LogP contribution in [0.25, 0.3) is 0 Å². The Hall–Kier alpha value is -2.00. The molecule has 2 aliphatic heterocycles. The lowest BCUT2D eigenvalue weighted by atomic mass is 9.75. The Morgan fingerprint density at radius 1 is 1.24 bits per heavy atom. The summed E-state index contributed by atoms with van der Waals surface area (Å²) in [6.07, 6.45) is -4.20. The maximum atomic E-state index is 13.7. The van der Waals surface area contributed by atoms with Crippen LogP contribution in [0.2, 0.25) is 5.02 Å². The number of fused-ring (bicyclic) bond motifs is 1. The van der Waals surface area contributed by atoms with Crippen molar-refractivity contribution in [2.45, 2.75) is 37.1 Å². The third-order valence-corrected chi connectivity index (χ3v) is 6.08. The Labute approximate surface area is 170 Å². The molecule has 0 radical (unpaired) electrons. The van der Waals surface area contributed by atoms with Crippen LogP contribution in [0, 0.1) is 16.0 Å². The van der Waals surface area contributed by atoms with E-state index in [0.717, 1.165) is 5.70 Å². The summed E-state index contributed by atoms with van der Waals surface area (Å²) in [6, 6.07) is 2.35. The molecular weight excluding hydrogens is 413 g/mol. The van der Waals surface area contributed by atoms with Gasteiger partial charge < -0.3 is 14.4 Å². The fraction of sp³-hybridized carbons (Fsp3) is 0.579. The number of halogens is 4. The molecule has 6 nitrogen and oxygen atoms in total. The molecular formula is C19H20ClF3N2O4. The van der Waals surface area contributed by atoms with Crippen LogP contribution in [-0.4, -0.2) is 54.4 Å². The predicted octanol–water partition coefficient (Wildman–Crippen LogP) is 4.02. The number of nitro groups is 1. The van der Waals surface area contributed by atoms with Gasteiger partial charge in [0.05, 0.1) is 19.1 Å². The zero-order valence-electron chi connectivity index (χ0n) is 15.4.